The Morgan fingerprint density at radius 2 is 1.86 bits per heavy atom. The molecule has 2 heterocycles. The van der Waals surface area contributed by atoms with E-state index in [2.05, 4.69) is 36.0 Å². The number of rotatable bonds is 4. The summed E-state index contributed by atoms with van der Waals surface area (Å²) in [4.78, 5) is 6.90. The average Bonchev–Trinajstić information content (AvgIpc) is 2.70. The Morgan fingerprint density at radius 1 is 1.17 bits per heavy atom. The molecule has 29 heavy (non-hydrogen) atoms. The SMILES string of the molecule is CN=C(NCC1CCCOC1C(C)(C)C)N1CCC(Oc2ccccc2)CC1.I. The summed E-state index contributed by atoms with van der Waals surface area (Å²) in [5, 5.41) is 3.63. The largest absolute Gasteiger partial charge is 0.490 e. The molecule has 2 saturated heterocycles. The van der Waals surface area contributed by atoms with Gasteiger partial charge in [-0.3, -0.25) is 4.99 Å². The zero-order valence-electron chi connectivity index (χ0n) is 18.4. The molecule has 0 radical (unpaired) electrons. The van der Waals surface area contributed by atoms with Gasteiger partial charge >= 0.3 is 0 Å². The third kappa shape index (κ3) is 7.02. The molecule has 0 spiro atoms. The molecule has 6 heteroatoms. The number of likely N-dealkylation sites (tertiary alicyclic amines) is 1. The van der Waals surface area contributed by atoms with Crippen molar-refractivity contribution in [3.05, 3.63) is 30.3 Å². The molecule has 2 aliphatic rings. The van der Waals surface area contributed by atoms with E-state index in [-0.39, 0.29) is 35.5 Å². The second-order valence-corrected chi connectivity index (χ2v) is 9.11. The van der Waals surface area contributed by atoms with Crippen molar-refractivity contribution in [2.45, 2.75) is 58.7 Å². The van der Waals surface area contributed by atoms with Gasteiger partial charge in [0.25, 0.3) is 0 Å². The molecular formula is C23H38IN3O2. The molecule has 2 atom stereocenters. The van der Waals surface area contributed by atoms with E-state index in [1.165, 1.54) is 6.42 Å². The highest BCUT2D eigenvalue weighted by Crippen LogP contribution is 2.33. The van der Waals surface area contributed by atoms with Crippen molar-refractivity contribution in [1.29, 1.82) is 0 Å². The molecule has 2 aliphatic heterocycles. The van der Waals surface area contributed by atoms with Crippen LogP contribution in [0.1, 0.15) is 46.5 Å². The van der Waals surface area contributed by atoms with Crippen molar-refractivity contribution >= 4 is 29.9 Å². The number of nitrogens with one attached hydrogen (secondary N) is 1. The van der Waals surface area contributed by atoms with Crippen LogP contribution >= 0.6 is 24.0 Å². The van der Waals surface area contributed by atoms with Crippen LogP contribution in [0, 0.1) is 11.3 Å². The quantitative estimate of drug-likeness (QED) is 0.363. The molecule has 0 aliphatic carbocycles. The van der Waals surface area contributed by atoms with E-state index >= 15 is 0 Å². The molecule has 0 saturated carbocycles. The smallest absolute Gasteiger partial charge is 0.193 e. The van der Waals surface area contributed by atoms with Gasteiger partial charge in [-0.05, 0) is 30.4 Å². The Bertz CT molecular complexity index is 625. The van der Waals surface area contributed by atoms with Gasteiger partial charge in [-0.2, -0.15) is 0 Å². The number of para-hydroxylation sites is 1. The van der Waals surface area contributed by atoms with E-state index in [0.717, 1.165) is 57.2 Å². The molecule has 2 fully saturated rings. The van der Waals surface area contributed by atoms with Crippen molar-refractivity contribution in [3.8, 4) is 5.75 Å². The van der Waals surface area contributed by atoms with Gasteiger partial charge < -0.3 is 19.7 Å². The van der Waals surface area contributed by atoms with E-state index in [1.807, 2.05) is 37.4 Å². The topological polar surface area (TPSA) is 46.1 Å². The molecule has 0 aromatic heterocycles. The number of halogens is 1. The fourth-order valence-corrected chi connectivity index (χ4v) is 4.44. The Morgan fingerprint density at radius 3 is 2.48 bits per heavy atom. The number of aliphatic imine (C=N–C) groups is 1. The zero-order valence-corrected chi connectivity index (χ0v) is 20.7. The number of ether oxygens (including phenoxy) is 2. The molecule has 0 amide bonds. The molecule has 0 bridgehead atoms. The second-order valence-electron chi connectivity index (χ2n) is 9.11. The highest BCUT2D eigenvalue weighted by molar-refractivity contribution is 14.0. The van der Waals surface area contributed by atoms with E-state index in [0.29, 0.717) is 12.0 Å². The van der Waals surface area contributed by atoms with Crippen LogP contribution in [0.4, 0.5) is 0 Å². The van der Waals surface area contributed by atoms with Gasteiger partial charge in [0.15, 0.2) is 5.96 Å². The van der Waals surface area contributed by atoms with Gasteiger partial charge in [-0.1, -0.05) is 39.0 Å². The summed E-state index contributed by atoms with van der Waals surface area (Å²) in [6.07, 6.45) is 5.00. The highest BCUT2D eigenvalue weighted by atomic mass is 127. The summed E-state index contributed by atoms with van der Waals surface area (Å²) < 4.78 is 12.2. The monoisotopic (exact) mass is 515 g/mol. The first-order valence-corrected chi connectivity index (χ1v) is 10.8. The van der Waals surface area contributed by atoms with Gasteiger partial charge in [0.2, 0.25) is 0 Å². The summed E-state index contributed by atoms with van der Waals surface area (Å²) in [6.45, 7) is 10.6. The fraction of sp³-hybridized carbons (Fsp3) is 0.696. The van der Waals surface area contributed by atoms with Crippen LogP contribution in [0.3, 0.4) is 0 Å². The average molecular weight is 515 g/mol. The zero-order chi connectivity index (χ0) is 20.0. The Kier molecular flexibility index (Phi) is 9.53. The van der Waals surface area contributed by atoms with Crippen LogP contribution in [-0.4, -0.2) is 56.4 Å². The van der Waals surface area contributed by atoms with Gasteiger partial charge in [-0.15, -0.1) is 24.0 Å². The maximum atomic E-state index is 6.13. The van der Waals surface area contributed by atoms with Crippen molar-refractivity contribution in [1.82, 2.24) is 10.2 Å². The number of nitrogens with zero attached hydrogens (tertiary/aromatic N) is 2. The number of guanidine groups is 1. The molecule has 3 rings (SSSR count). The van der Waals surface area contributed by atoms with Crippen LogP contribution in [0.15, 0.2) is 35.3 Å². The first kappa shape index (κ1) is 24.3. The van der Waals surface area contributed by atoms with Gasteiger partial charge in [0, 0.05) is 52.0 Å². The summed E-state index contributed by atoms with van der Waals surface area (Å²) >= 11 is 0. The minimum absolute atomic E-state index is 0. The predicted molar refractivity (Wildman–Crippen MR) is 130 cm³/mol. The molecular weight excluding hydrogens is 477 g/mol. The second kappa shape index (κ2) is 11.4. The summed E-state index contributed by atoms with van der Waals surface area (Å²) in [5.41, 5.74) is 0.170. The standard InChI is InChI=1S/C23H37N3O2.HI/c1-23(2,3)21-18(9-8-16-27-21)17-25-22(24-4)26-14-12-20(13-15-26)28-19-10-6-5-7-11-19;/h5-7,10-11,18,20-21H,8-9,12-17H2,1-4H3,(H,24,25);1H. The summed E-state index contributed by atoms with van der Waals surface area (Å²) in [7, 11) is 1.88. The maximum absolute atomic E-state index is 6.13. The van der Waals surface area contributed by atoms with Crippen molar-refractivity contribution < 1.29 is 9.47 Å². The molecule has 1 aromatic rings. The lowest BCUT2D eigenvalue weighted by Gasteiger charge is -2.41. The van der Waals surface area contributed by atoms with Gasteiger partial charge in [0.05, 0.1) is 6.10 Å². The van der Waals surface area contributed by atoms with Crippen LogP contribution in [-0.2, 0) is 4.74 Å². The Balaban J connectivity index is 0.00000300. The third-order valence-corrected chi connectivity index (χ3v) is 5.82. The predicted octanol–water partition coefficient (Wildman–Crippen LogP) is 4.56. The van der Waals surface area contributed by atoms with Crippen molar-refractivity contribution in [2.24, 2.45) is 16.3 Å². The van der Waals surface area contributed by atoms with Crippen molar-refractivity contribution in [2.75, 3.05) is 33.3 Å². The lowest BCUT2D eigenvalue weighted by molar-refractivity contribution is -0.0836. The third-order valence-electron chi connectivity index (χ3n) is 5.82. The Hall–Kier alpha value is -1.02. The number of hydrogen-bond donors (Lipinski definition) is 1. The normalized spacial score (nSPS) is 24.0. The van der Waals surface area contributed by atoms with Gasteiger partial charge in [-0.25, -0.2) is 0 Å². The lowest BCUT2D eigenvalue weighted by atomic mass is 9.78. The van der Waals surface area contributed by atoms with Crippen LogP contribution < -0.4 is 10.1 Å². The first-order chi connectivity index (χ1) is 13.5. The van der Waals surface area contributed by atoms with Crippen LogP contribution in [0.25, 0.3) is 0 Å². The first-order valence-electron chi connectivity index (χ1n) is 10.8. The van der Waals surface area contributed by atoms with E-state index < -0.39 is 0 Å². The lowest BCUT2D eigenvalue weighted by Crippen LogP contribution is -2.51. The van der Waals surface area contributed by atoms with Crippen LogP contribution in [0.5, 0.6) is 5.75 Å². The summed E-state index contributed by atoms with van der Waals surface area (Å²) in [5.74, 6) is 2.51. The fourth-order valence-electron chi connectivity index (χ4n) is 4.44. The number of benzene rings is 1. The minimum atomic E-state index is 0. The molecule has 164 valence electrons. The Labute approximate surface area is 193 Å². The number of hydrogen-bond acceptors (Lipinski definition) is 3. The van der Waals surface area contributed by atoms with Crippen molar-refractivity contribution in [3.63, 3.8) is 0 Å². The van der Waals surface area contributed by atoms with Crippen LogP contribution in [0.2, 0.25) is 0 Å². The van der Waals surface area contributed by atoms with E-state index in [4.69, 9.17) is 9.47 Å². The highest BCUT2D eigenvalue weighted by Gasteiger charge is 2.35. The molecule has 5 nitrogen and oxygen atoms in total. The van der Waals surface area contributed by atoms with Gasteiger partial charge in [0.1, 0.15) is 11.9 Å². The molecule has 1 N–H and O–H groups in total. The van der Waals surface area contributed by atoms with E-state index in [1.54, 1.807) is 0 Å². The summed E-state index contributed by atoms with van der Waals surface area (Å²) in [6, 6.07) is 10.1. The number of piperidine rings is 1. The molecule has 2 unspecified atom stereocenters. The maximum Gasteiger partial charge on any atom is 0.193 e. The minimum Gasteiger partial charge on any atom is -0.490 e. The molecule has 1 aromatic carbocycles. The van der Waals surface area contributed by atoms with E-state index in [9.17, 15) is 0 Å².